The summed E-state index contributed by atoms with van der Waals surface area (Å²) in [6, 6.07) is 11.3. The molecule has 0 radical (unpaired) electrons. The lowest BCUT2D eigenvalue weighted by atomic mass is 10.0. The number of ether oxygens (including phenoxy) is 1. The van der Waals surface area contributed by atoms with Gasteiger partial charge in [-0.25, -0.2) is 4.90 Å². The molecule has 0 atom stereocenters. The van der Waals surface area contributed by atoms with E-state index in [9.17, 15) is 9.59 Å². The Morgan fingerprint density at radius 3 is 2.50 bits per heavy atom. The van der Waals surface area contributed by atoms with E-state index >= 15 is 0 Å². The third-order valence-corrected chi connectivity index (χ3v) is 6.71. The molecule has 6 nitrogen and oxygen atoms in total. The first-order chi connectivity index (χ1) is 14.5. The number of piperidine rings is 1. The second kappa shape index (κ2) is 8.62. The maximum Gasteiger partial charge on any atom is 0.282 e. The first-order valence-corrected chi connectivity index (χ1v) is 11.2. The fraction of sp³-hybridized carbons (Fsp3) is 0.391. The summed E-state index contributed by atoms with van der Waals surface area (Å²) in [5.41, 5.74) is 1.47. The summed E-state index contributed by atoms with van der Waals surface area (Å²) < 4.78 is 5.71. The lowest BCUT2D eigenvalue weighted by Crippen LogP contribution is -2.43. The number of carbonyl (C=O) groups is 2. The first-order valence-electron chi connectivity index (χ1n) is 10.3. The Kier molecular flexibility index (Phi) is 5.92. The maximum absolute atomic E-state index is 13.7. The molecule has 2 amide bonds. The van der Waals surface area contributed by atoms with Gasteiger partial charge in [-0.2, -0.15) is 0 Å². The van der Waals surface area contributed by atoms with Crippen molar-refractivity contribution in [2.75, 3.05) is 38.7 Å². The van der Waals surface area contributed by atoms with Crippen molar-refractivity contribution in [3.8, 4) is 5.75 Å². The van der Waals surface area contributed by atoms with Crippen LogP contribution in [0.2, 0.25) is 0 Å². The maximum atomic E-state index is 13.7. The smallest absolute Gasteiger partial charge is 0.282 e. The van der Waals surface area contributed by atoms with Gasteiger partial charge in [-0.05, 0) is 63.5 Å². The molecule has 2 aromatic rings. The number of hydrogen-bond donors (Lipinski definition) is 0. The third kappa shape index (κ3) is 3.63. The Labute approximate surface area is 181 Å². The van der Waals surface area contributed by atoms with Crippen LogP contribution in [0.3, 0.4) is 0 Å². The van der Waals surface area contributed by atoms with E-state index in [4.69, 9.17) is 4.74 Å². The Bertz CT molecular complexity index is 962. The van der Waals surface area contributed by atoms with E-state index in [-0.39, 0.29) is 17.9 Å². The van der Waals surface area contributed by atoms with Crippen molar-refractivity contribution in [3.05, 3.63) is 52.4 Å². The van der Waals surface area contributed by atoms with Crippen LogP contribution in [-0.4, -0.2) is 61.4 Å². The standard InChI is InChI=1S/C23H27N3O3S/c1-4-29-18-9-6-5-8-17(18)26-22(27)20(19-10-7-15-30-19)21(23(26)28)25(3)16-11-13-24(2)14-12-16/h5-10,15-16H,4,11-14H2,1-3H3. The van der Waals surface area contributed by atoms with E-state index in [1.807, 2.05) is 48.5 Å². The number of hydrogen-bond acceptors (Lipinski definition) is 6. The molecular weight excluding hydrogens is 398 g/mol. The van der Waals surface area contributed by atoms with E-state index in [1.54, 1.807) is 12.1 Å². The molecule has 0 spiro atoms. The first kappa shape index (κ1) is 20.6. The molecule has 0 unspecified atom stereocenters. The number of benzene rings is 1. The van der Waals surface area contributed by atoms with Gasteiger partial charge in [0.05, 0.1) is 17.9 Å². The van der Waals surface area contributed by atoms with Gasteiger partial charge in [-0.1, -0.05) is 18.2 Å². The second-order valence-electron chi connectivity index (χ2n) is 7.69. The molecule has 2 aliphatic rings. The number of thiophene rings is 1. The molecule has 30 heavy (non-hydrogen) atoms. The molecule has 1 fully saturated rings. The zero-order chi connectivity index (χ0) is 21.3. The molecule has 1 aromatic heterocycles. The highest BCUT2D eigenvalue weighted by Crippen LogP contribution is 2.40. The van der Waals surface area contributed by atoms with Crippen molar-refractivity contribution in [1.82, 2.24) is 9.80 Å². The lowest BCUT2D eigenvalue weighted by Gasteiger charge is -2.36. The van der Waals surface area contributed by atoms with Gasteiger partial charge in [-0.15, -0.1) is 11.3 Å². The number of para-hydroxylation sites is 2. The Morgan fingerprint density at radius 2 is 1.83 bits per heavy atom. The predicted octanol–water partition coefficient (Wildman–Crippen LogP) is 3.46. The third-order valence-electron chi connectivity index (χ3n) is 5.82. The van der Waals surface area contributed by atoms with Crippen LogP contribution in [0.5, 0.6) is 5.75 Å². The summed E-state index contributed by atoms with van der Waals surface area (Å²) in [5.74, 6) is -0.0308. The number of imide groups is 1. The fourth-order valence-corrected chi connectivity index (χ4v) is 4.95. The Morgan fingerprint density at radius 1 is 1.10 bits per heavy atom. The molecule has 3 heterocycles. The SMILES string of the molecule is CCOc1ccccc1N1C(=O)C(c2cccs2)=C(N(C)C2CCN(C)CC2)C1=O. The van der Waals surface area contributed by atoms with Crippen LogP contribution in [0, 0.1) is 0 Å². The van der Waals surface area contributed by atoms with Crippen LogP contribution in [0.15, 0.2) is 47.5 Å². The van der Waals surface area contributed by atoms with E-state index in [0.717, 1.165) is 30.8 Å². The average Bonchev–Trinajstić information content (AvgIpc) is 3.35. The normalized spacial score (nSPS) is 18.4. The number of anilines is 1. The summed E-state index contributed by atoms with van der Waals surface area (Å²) in [6.45, 7) is 4.31. The topological polar surface area (TPSA) is 53.1 Å². The van der Waals surface area contributed by atoms with Crippen LogP contribution in [0.4, 0.5) is 5.69 Å². The van der Waals surface area contributed by atoms with Crippen LogP contribution in [-0.2, 0) is 9.59 Å². The van der Waals surface area contributed by atoms with Gasteiger partial charge in [0, 0.05) is 18.0 Å². The zero-order valence-corrected chi connectivity index (χ0v) is 18.4. The summed E-state index contributed by atoms with van der Waals surface area (Å²) >= 11 is 1.48. The Hall–Kier alpha value is -2.64. The van der Waals surface area contributed by atoms with Gasteiger partial charge in [-0.3, -0.25) is 9.59 Å². The molecule has 1 aromatic carbocycles. The zero-order valence-electron chi connectivity index (χ0n) is 17.6. The van der Waals surface area contributed by atoms with E-state index in [1.165, 1.54) is 16.2 Å². The molecule has 2 aliphatic heterocycles. The van der Waals surface area contributed by atoms with E-state index in [0.29, 0.717) is 29.3 Å². The van der Waals surface area contributed by atoms with Gasteiger partial charge >= 0.3 is 0 Å². The van der Waals surface area contributed by atoms with Gasteiger partial charge in [0.2, 0.25) is 0 Å². The second-order valence-corrected chi connectivity index (χ2v) is 8.64. The van der Waals surface area contributed by atoms with Crippen molar-refractivity contribution >= 4 is 34.4 Å². The fourth-order valence-electron chi connectivity index (χ4n) is 4.19. The molecule has 0 saturated carbocycles. The number of nitrogens with zero attached hydrogens (tertiary/aromatic N) is 3. The number of likely N-dealkylation sites (N-methyl/N-ethyl adjacent to an activating group) is 1. The van der Waals surface area contributed by atoms with Crippen LogP contribution in [0.25, 0.3) is 5.57 Å². The number of amides is 2. The summed E-state index contributed by atoms with van der Waals surface area (Å²) in [6.07, 6.45) is 1.93. The van der Waals surface area contributed by atoms with Crippen molar-refractivity contribution < 1.29 is 14.3 Å². The van der Waals surface area contributed by atoms with E-state index < -0.39 is 0 Å². The number of carbonyl (C=O) groups excluding carboxylic acids is 2. The number of rotatable bonds is 6. The van der Waals surface area contributed by atoms with Crippen molar-refractivity contribution in [3.63, 3.8) is 0 Å². The molecular formula is C23H27N3O3S. The molecule has 1 saturated heterocycles. The van der Waals surface area contributed by atoms with Gasteiger partial charge in [0.15, 0.2) is 0 Å². The monoisotopic (exact) mass is 425 g/mol. The highest BCUT2D eigenvalue weighted by atomic mass is 32.1. The van der Waals surface area contributed by atoms with Crippen molar-refractivity contribution in [2.45, 2.75) is 25.8 Å². The molecule has 0 N–H and O–H groups in total. The van der Waals surface area contributed by atoms with Gasteiger partial charge in [0.25, 0.3) is 11.8 Å². The van der Waals surface area contributed by atoms with Gasteiger partial charge in [0.1, 0.15) is 11.4 Å². The molecule has 0 aliphatic carbocycles. The lowest BCUT2D eigenvalue weighted by molar-refractivity contribution is -0.120. The highest BCUT2D eigenvalue weighted by molar-refractivity contribution is 7.11. The summed E-state index contributed by atoms with van der Waals surface area (Å²) in [5, 5.41) is 1.93. The predicted molar refractivity (Wildman–Crippen MR) is 120 cm³/mol. The van der Waals surface area contributed by atoms with Crippen LogP contribution < -0.4 is 9.64 Å². The molecule has 158 valence electrons. The Balaban J connectivity index is 1.76. The van der Waals surface area contributed by atoms with Crippen molar-refractivity contribution in [1.29, 1.82) is 0 Å². The minimum Gasteiger partial charge on any atom is -0.492 e. The largest absolute Gasteiger partial charge is 0.492 e. The molecule has 0 bridgehead atoms. The molecule has 7 heteroatoms. The summed E-state index contributed by atoms with van der Waals surface area (Å²) in [7, 11) is 4.06. The number of likely N-dealkylation sites (tertiary alicyclic amines) is 1. The highest BCUT2D eigenvalue weighted by Gasteiger charge is 2.44. The average molecular weight is 426 g/mol. The van der Waals surface area contributed by atoms with E-state index in [2.05, 4.69) is 11.9 Å². The minimum atomic E-state index is -0.288. The van der Waals surface area contributed by atoms with Crippen LogP contribution in [0.1, 0.15) is 24.6 Å². The van der Waals surface area contributed by atoms with Gasteiger partial charge < -0.3 is 14.5 Å². The minimum absolute atomic E-state index is 0.227. The van der Waals surface area contributed by atoms with Crippen LogP contribution >= 0.6 is 11.3 Å². The summed E-state index contributed by atoms with van der Waals surface area (Å²) in [4.78, 5) is 33.7. The quantitative estimate of drug-likeness (QED) is 0.664. The van der Waals surface area contributed by atoms with Crippen molar-refractivity contribution in [2.24, 2.45) is 0 Å². The molecule has 4 rings (SSSR count).